The van der Waals surface area contributed by atoms with E-state index in [0.29, 0.717) is 33.4 Å². The van der Waals surface area contributed by atoms with Gasteiger partial charge in [0.2, 0.25) is 5.82 Å². The topological polar surface area (TPSA) is 97.3 Å². The van der Waals surface area contributed by atoms with E-state index in [2.05, 4.69) is 20.5 Å². The summed E-state index contributed by atoms with van der Waals surface area (Å²) in [5, 5.41) is 12.4. The van der Waals surface area contributed by atoms with E-state index in [-0.39, 0.29) is 12.5 Å². The Kier molecular flexibility index (Phi) is 4.51. The first kappa shape index (κ1) is 17.1. The molecule has 2 heterocycles. The first-order valence-electron chi connectivity index (χ1n) is 7.87. The highest BCUT2D eigenvalue weighted by Crippen LogP contribution is 2.31. The maximum Gasteiger partial charge on any atom is 0.267 e. The van der Waals surface area contributed by atoms with E-state index >= 15 is 0 Å². The summed E-state index contributed by atoms with van der Waals surface area (Å²) in [6, 6.07) is 10.5. The lowest BCUT2D eigenvalue weighted by Gasteiger charge is -2.07. The monoisotopic (exact) mass is 387 g/mol. The Morgan fingerprint density at radius 1 is 1.07 bits per heavy atom. The molecule has 9 nitrogen and oxygen atoms in total. The van der Waals surface area contributed by atoms with Crippen LogP contribution in [0.5, 0.6) is 11.5 Å². The summed E-state index contributed by atoms with van der Waals surface area (Å²) in [5.41, 5.74) is 2.03. The molecule has 0 atom stereocenters. The van der Waals surface area contributed by atoms with Gasteiger partial charge in [-0.1, -0.05) is 21.6 Å². The Morgan fingerprint density at radius 3 is 2.74 bits per heavy atom. The summed E-state index contributed by atoms with van der Waals surface area (Å²) in [6.45, 7) is 0.0191. The zero-order chi connectivity index (χ0) is 18.8. The van der Waals surface area contributed by atoms with Gasteiger partial charge in [0.25, 0.3) is 5.89 Å². The van der Waals surface area contributed by atoms with Crippen molar-refractivity contribution in [3.8, 4) is 22.9 Å². The molecule has 10 heteroatoms. The Labute approximate surface area is 158 Å². The minimum absolute atomic E-state index is 0.0191. The summed E-state index contributed by atoms with van der Waals surface area (Å²) >= 11 is 6.00. The minimum atomic E-state index is 0.0191. The van der Waals surface area contributed by atoms with Crippen molar-refractivity contribution in [3.63, 3.8) is 0 Å². The van der Waals surface area contributed by atoms with Gasteiger partial charge in [-0.15, -0.1) is 5.10 Å². The standard InChI is InChI=1S/C17H14ClN5O4/c1-24-14-6-3-10(7-15(14)25-2)17-19-16(27-21-17)9-26-23-13-8-11(18)4-5-12(13)20-22-23/h3-8H,9H2,1-2H3. The molecule has 0 saturated heterocycles. The number of hydrogen-bond donors (Lipinski definition) is 0. The van der Waals surface area contributed by atoms with Crippen LogP contribution in [0.4, 0.5) is 0 Å². The average Bonchev–Trinajstić information content (AvgIpc) is 3.32. The van der Waals surface area contributed by atoms with E-state index in [1.54, 1.807) is 44.6 Å². The molecule has 138 valence electrons. The smallest absolute Gasteiger partial charge is 0.267 e. The summed E-state index contributed by atoms with van der Waals surface area (Å²) in [6.07, 6.45) is 0. The molecule has 0 spiro atoms. The predicted molar refractivity (Wildman–Crippen MR) is 95.7 cm³/mol. The van der Waals surface area contributed by atoms with Crippen molar-refractivity contribution in [1.29, 1.82) is 0 Å². The van der Waals surface area contributed by atoms with Crippen LogP contribution in [0.25, 0.3) is 22.4 Å². The molecule has 0 unspecified atom stereocenters. The van der Waals surface area contributed by atoms with Crippen LogP contribution >= 0.6 is 11.6 Å². The number of rotatable bonds is 6. The van der Waals surface area contributed by atoms with Crippen LogP contribution in [-0.2, 0) is 6.61 Å². The van der Waals surface area contributed by atoms with Gasteiger partial charge in [0.1, 0.15) is 11.0 Å². The summed E-state index contributed by atoms with van der Waals surface area (Å²) in [5.74, 6) is 1.88. The zero-order valence-electron chi connectivity index (χ0n) is 14.4. The van der Waals surface area contributed by atoms with Crippen molar-refractivity contribution in [2.45, 2.75) is 6.61 Å². The second-order valence-corrected chi connectivity index (χ2v) is 5.89. The molecule has 0 amide bonds. The van der Waals surface area contributed by atoms with Gasteiger partial charge in [-0.25, -0.2) is 0 Å². The molecule has 0 radical (unpaired) electrons. The number of hydrogen-bond acceptors (Lipinski definition) is 8. The van der Waals surface area contributed by atoms with Gasteiger partial charge in [0.15, 0.2) is 18.1 Å². The van der Waals surface area contributed by atoms with Crippen molar-refractivity contribution in [2.75, 3.05) is 14.2 Å². The molecule has 0 aliphatic carbocycles. The zero-order valence-corrected chi connectivity index (χ0v) is 15.2. The van der Waals surface area contributed by atoms with E-state index in [4.69, 9.17) is 30.4 Å². The number of benzene rings is 2. The fourth-order valence-electron chi connectivity index (χ4n) is 2.49. The van der Waals surface area contributed by atoms with Crippen molar-refractivity contribution in [2.24, 2.45) is 0 Å². The second-order valence-electron chi connectivity index (χ2n) is 5.45. The quantitative estimate of drug-likeness (QED) is 0.498. The fraction of sp³-hybridized carbons (Fsp3) is 0.176. The number of nitrogens with zero attached hydrogens (tertiary/aromatic N) is 5. The third kappa shape index (κ3) is 3.36. The molecular weight excluding hydrogens is 374 g/mol. The summed E-state index contributed by atoms with van der Waals surface area (Å²) in [7, 11) is 3.13. The number of halogens is 1. The maximum atomic E-state index is 6.00. The van der Waals surface area contributed by atoms with Crippen LogP contribution in [0.15, 0.2) is 40.9 Å². The average molecular weight is 388 g/mol. The van der Waals surface area contributed by atoms with Crippen LogP contribution < -0.4 is 14.3 Å². The number of fused-ring (bicyclic) bond motifs is 1. The van der Waals surface area contributed by atoms with Crippen LogP contribution in [0.1, 0.15) is 5.89 Å². The van der Waals surface area contributed by atoms with Crippen molar-refractivity contribution in [1.82, 2.24) is 25.3 Å². The van der Waals surface area contributed by atoms with E-state index < -0.39 is 0 Å². The van der Waals surface area contributed by atoms with Gasteiger partial charge in [-0.05, 0) is 41.6 Å². The van der Waals surface area contributed by atoms with Crippen molar-refractivity contribution in [3.05, 3.63) is 47.3 Å². The van der Waals surface area contributed by atoms with Crippen molar-refractivity contribution < 1.29 is 18.8 Å². The third-order valence-corrected chi connectivity index (χ3v) is 4.03. The fourth-order valence-corrected chi connectivity index (χ4v) is 2.66. The Morgan fingerprint density at radius 2 is 1.93 bits per heavy atom. The Balaban J connectivity index is 1.52. The van der Waals surface area contributed by atoms with Gasteiger partial charge < -0.3 is 18.8 Å². The molecule has 0 bridgehead atoms. The molecule has 2 aromatic heterocycles. The van der Waals surface area contributed by atoms with Gasteiger partial charge in [-0.3, -0.25) is 0 Å². The molecule has 2 aromatic carbocycles. The maximum absolute atomic E-state index is 6.00. The number of methoxy groups -OCH3 is 2. The lowest BCUT2D eigenvalue weighted by molar-refractivity contribution is 0.0583. The molecule has 0 aliphatic rings. The molecule has 4 aromatic rings. The molecule has 27 heavy (non-hydrogen) atoms. The highest BCUT2D eigenvalue weighted by atomic mass is 35.5. The summed E-state index contributed by atoms with van der Waals surface area (Å²) in [4.78, 5) is 11.2. The van der Waals surface area contributed by atoms with E-state index in [1.807, 2.05) is 6.07 Å². The normalized spacial score (nSPS) is 10.9. The first-order valence-corrected chi connectivity index (χ1v) is 8.25. The van der Waals surface area contributed by atoms with E-state index in [9.17, 15) is 0 Å². The molecule has 4 rings (SSSR count). The molecule has 0 N–H and O–H groups in total. The van der Waals surface area contributed by atoms with Gasteiger partial charge >= 0.3 is 0 Å². The third-order valence-electron chi connectivity index (χ3n) is 3.80. The van der Waals surface area contributed by atoms with E-state index in [1.165, 1.54) is 4.85 Å². The van der Waals surface area contributed by atoms with E-state index in [0.717, 1.165) is 5.56 Å². The number of ether oxygens (including phenoxy) is 2. The predicted octanol–water partition coefficient (Wildman–Crippen LogP) is 2.78. The van der Waals surface area contributed by atoms with Gasteiger partial charge in [-0.2, -0.15) is 4.98 Å². The Hall–Kier alpha value is -3.33. The SMILES string of the molecule is COc1ccc(-c2noc(COn3nnc4ccc(Cl)cc43)n2)cc1OC. The largest absolute Gasteiger partial charge is 0.493 e. The molecule has 0 saturated carbocycles. The van der Waals surface area contributed by atoms with Gasteiger partial charge in [0.05, 0.1) is 14.2 Å². The van der Waals surface area contributed by atoms with Crippen LogP contribution in [0.2, 0.25) is 5.02 Å². The Bertz CT molecular complexity index is 1090. The second kappa shape index (κ2) is 7.12. The molecule has 0 fully saturated rings. The molecule has 0 aliphatic heterocycles. The van der Waals surface area contributed by atoms with Crippen LogP contribution in [0, 0.1) is 0 Å². The number of aromatic nitrogens is 5. The van der Waals surface area contributed by atoms with Crippen LogP contribution in [-0.4, -0.2) is 39.5 Å². The summed E-state index contributed by atoms with van der Waals surface area (Å²) < 4.78 is 15.7. The highest BCUT2D eigenvalue weighted by molar-refractivity contribution is 6.31. The highest BCUT2D eigenvalue weighted by Gasteiger charge is 2.13. The lowest BCUT2D eigenvalue weighted by Crippen LogP contribution is -2.13. The minimum Gasteiger partial charge on any atom is -0.493 e. The lowest BCUT2D eigenvalue weighted by atomic mass is 10.2. The van der Waals surface area contributed by atoms with Crippen LogP contribution in [0.3, 0.4) is 0 Å². The first-order chi connectivity index (χ1) is 13.2. The van der Waals surface area contributed by atoms with Crippen molar-refractivity contribution >= 4 is 22.6 Å². The molecular formula is C17H14ClN5O4. The van der Waals surface area contributed by atoms with Gasteiger partial charge in [0, 0.05) is 10.6 Å².